The lowest BCUT2D eigenvalue weighted by Crippen LogP contribution is -2.50. The van der Waals surface area contributed by atoms with Crippen LogP contribution in [-0.4, -0.2) is 58.1 Å². The normalized spacial score (nSPS) is 17.9. The average molecular weight is 405 g/mol. The van der Waals surface area contributed by atoms with Crippen molar-refractivity contribution < 1.29 is 22.9 Å². The molecule has 1 aromatic carbocycles. The maximum Gasteiger partial charge on any atom is 0.321 e. The fourth-order valence-electron chi connectivity index (χ4n) is 3.62. The Bertz CT molecular complexity index is 920. The monoisotopic (exact) mass is 405 g/mol. The van der Waals surface area contributed by atoms with Gasteiger partial charge < -0.3 is 19.6 Å². The number of anilines is 1. The van der Waals surface area contributed by atoms with Crippen LogP contribution in [0.1, 0.15) is 43.3 Å². The number of carbonyl (C=O) groups is 2. The van der Waals surface area contributed by atoms with Crippen molar-refractivity contribution >= 4 is 17.6 Å². The number of urea groups is 1. The highest BCUT2D eigenvalue weighted by Gasteiger charge is 2.37. The summed E-state index contributed by atoms with van der Waals surface area (Å²) in [7, 11) is 0. The number of amides is 3. The van der Waals surface area contributed by atoms with Crippen LogP contribution < -0.4 is 5.32 Å². The number of rotatable bonds is 3. The molecule has 1 N–H and O–H groups in total. The van der Waals surface area contributed by atoms with Gasteiger partial charge in [-0.3, -0.25) is 4.79 Å². The number of piperidine rings is 1. The van der Waals surface area contributed by atoms with E-state index in [0.717, 1.165) is 31.0 Å². The van der Waals surface area contributed by atoms with Crippen molar-refractivity contribution in [2.45, 2.75) is 31.6 Å². The third-order valence-electron chi connectivity index (χ3n) is 5.45. The maximum absolute atomic E-state index is 13.7. The topological polar surface area (TPSA) is 91.6 Å². The van der Waals surface area contributed by atoms with E-state index in [1.807, 2.05) is 0 Å². The first-order valence-electron chi connectivity index (χ1n) is 9.50. The van der Waals surface area contributed by atoms with Gasteiger partial charge in [-0.25, -0.2) is 13.6 Å². The van der Waals surface area contributed by atoms with E-state index >= 15 is 0 Å². The molecule has 3 heterocycles. The van der Waals surface area contributed by atoms with Crippen LogP contribution in [0.15, 0.2) is 22.7 Å². The standard InChI is InChI=1S/C19H21F2N5O3/c1-11(27)25-6-4-12(5-7-25)17-23-18(29-24-17)13-9-26(10-13)19(28)22-16-8-14(20)2-3-15(16)21/h2-3,8,12-13H,4-7,9-10H2,1H3,(H,22,28). The van der Waals surface area contributed by atoms with Crippen LogP contribution in [0, 0.1) is 11.6 Å². The molecule has 8 nitrogen and oxygen atoms in total. The molecule has 0 spiro atoms. The Morgan fingerprint density at radius 2 is 1.86 bits per heavy atom. The molecule has 0 bridgehead atoms. The van der Waals surface area contributed by atoms with Crippen molar-refractivity contribution in [2.75, 3.05) is 31.5 Å². The van der Waals surface area contributed by atoms with E-state index in [1.54, 1.807) is 11.8 Å². The first-order chi connectivity index (χ1) is 13.9. The summed E-state index contributed by atoms with van der Waals surface area (Å²) in [6.45, 7) is 3.63. The summed E-state index contributed by atoms with van der Waals surface area (Å²) in [6, 6.07) is 2.38. The Kier molecular flexibility index (Phi) is 5.16. The summed E-state index contributed by atoms with van der Waals surface area (Å²) in [5, 5.41) is 6.44. The molecule has 2 aliphatic rings. The Morgan fingerprint density at radius 3 is 2.55 bits per heavy atom. The molecule has 0 saturated carbocycles. The fraction of sp³-hybridized carbons (Fsp3) is 0.474. The lowest BCUT2D eigenvalue weighted by molar-refractivity contribution is -0.129. The number of hydrogen-bond acceptors (Lipinski definition) is 5. The van der Waals surface area contributed by atoms with Gasteiger partial charge in [0.2, 0.25) is 11.8 Å². The van der Waals surface area contributed by atoms with E-state index in [-0.39, 0.29) is 23.4 Å². The number of nitrogens with zero attached hydrogens (tertiary/aromatic N) is 4. The predicted octanol–water partition coefficient (Wildman–Crippen LogP) is 2.71. The van der Waals surface area contributed by atoms with Crippen molar-refractivity contribution in [1.29, 1.82) is 0 Å². The van der Waals surface area contributed by atoms with Crippen LogP contribution in [0.2, 0.25) is 0 Å². The van der Waals surface area contributed by atoms with Crippen molar-refractivity contribution in [3.8, 4) is 0 Å². The van der Waals surface area contributed by atoms with Gasteiger partial charge in [-0.1, -0.05) is 5.16 Å². The van der Waals surface area contributed by atoms with Gasteiger partial charge in [0.05, 0.1) is 11.6 Å². The quantitative estimate of drug-likeness (QED) is 0.848. The summed E-state index contributed by atoms with van der Waals surface area (Å²) in [6.07, 6.45) is 1.58. The Balaban J connectivity index is 1.30. The van der Waals surface area contributed by atoms with E-state index in [4.69, 9.17) is 4.52 Å². The highest BCUT2D eigenvalue weighted by molar-refractivity contribution is 5.90. The number of likely N-dealkylation sites (tertiary alicyclic amines) is 2. The Hall–Kier alpha value is -3.04. The molecule has 10 heteroatoms. The molecule has 3 amide bonds. The smallest absolute Gasteiger partial charge is 0.321 e. The molecule has 2 aromatic rings. The van der Waals surface area contributed by atoms with Gasteiger partial charge in [0.25, 0.3) is 0 Å². The zero-order chi connectivity index (χ0) is 20.5. The van der Waals surface area contributed by atoms with E-state index < -0.39 is 17.7 Å². The molecule has 154 valence electrons. The number of benzene rings is 1. The fourth-order valence-corrected chi connectivity index (χ4v) is 3.62. The first kappa shape index (κ1) is 19.3. The van der Waals surface area contributed by atoms with Crippen LogP contribution in [-0.2, 0) is 4.79 Å². The lowest BCUT2D eigenvalue weighted by atomic mass is 9.96. The van der Waals surface area contributed by atoms with Gasteiger partial charge in [-0.15, -0.1) is 0 Å². The Labute approximate surface area is 165 Å². The van der Waals surface area contributed by atoms with Crippen LogP contribution in [0.4, 0.5) is 19.3 Å². The molecule has 4 rings (SSSR count). The van der Waals surface area contributed by atoms with Crippen LogP contribution in [0.5, 0.6) is 0 Å². The third-order valence-corrected chi connectivity index (χ3v) is 5.45. The molecule has 2 saturated heterocycles. The number of hydrogen-bond donors (Lipinski definition) is 1. The number of nitrogens with one attached hydrogen (secondary N) is 1. The van der Waals surface area contributed by atoms with E-state index in [0.29, 0.717) is 37.9 Å². The average Bonchev–Trinajstić information content (AvgIpc) is 3.13. The molecule has 2 aliphatic heterocycles. The molecule has 0 atom stereocenters. The van der Waals surface area contributed by atoms with Gasteiger partial charge in [0.1, 0.15) is 11.6 Å². The van der Waals surface area contributed by atoms with E-state index in [9.17, 15) is 18.4 Å². The summed E-state index contributed by atoms with van der Waals surface area (Å²) in [5.74, 6) is -0.0915. The summed E-state index contributed by atoms with van der Waals surface area (Å²) in [5.41, 5.74) is -0.199. The molecule has 0 aliphatic carbocycles. The molecular formula is C19H21F2N5O3. The van der Waals surface area contributed by atoms with Gasteiger partial charge in [0.15, 0.2) is 5.82 Å². The number of halogens is 2. The van der Waals surface area contributed by atoms with Gasteiger partial charge in [0, 0.05) is 45.1 Å². The minimum absolute atomic E-state index is 0.0724. The van der Waals surface area contributed by atoms with Crippen LogP contribution in [0.25, 0.3) is 0 Å². The second kappa shape index (κ2) is 7.76. The van der Waals surface area contributed by atoms with Crippen molar-refractivity contribution in [1.82, 2.24) is 19.9 Å². The molecule has 29 heavy (non-hydrogen) atoms. The predicted molar refractivity (Wildman–Crippen MR) is 98.2 cm³/mol. The van der Waals surface area contributed by atoms with Gasteiger partial charge in [-0.05, 0) is 25.0 Å². The number of aromatic nitrogens is 2. The highest BCUT2D eigenvalue weighted by Crippen LogP contribution is 2.30. The second-order valence-corrected chi connectivity index (χ2v) is 7.43. The van der Waals surface area contributed by atoms with Gasteiger partial charge in [-0.2, -0.15) is 4.98 Å². The summed E-state index contributed by atoms with van der Waals surface area (Å²) >= 11 is 0. The lowest BCUT2D eigenvalue weighted by Gasteiger charge is -2.36. The van der Waals surface area contributed by atoms with E-state index in [2.05, 4.69) is 15.5 Å². The highest BCUT2D eigenvalue weighted by atomic mass is 19.1. The minimum Gasteiger partial charge on any atom is -0.343 e. The molecular weight excluding hydrogens is 384 g/mol. The molecule has 2 fully saturated rings. The zero-order valence-corrected chi connectivity index (χ0v) is 15.9. The van der Waals surface area contributed by atoms with Crippen molar-refractivity contribution in [2.24, 2.45) is 0 Å². The SMILES string of the molecule is CC(=O)N1CCC(c2noc(C3CN(C(=O)Nc4cc(F)ccc4F)C3)n2)CC1. The molecule has 0 unspecified atom stereocenters. The molecule has 0 radical (unpaired) electrons. The van der Waals surface area contributed by atoms with Crippen molar-refractivity contribution in [3.63, 3.8) is 0 Å². The third kappa shape index (κ3) is 4.06. The maximum atomic E-state index is 13.7. The largest absolute Gasteiger partial charge is 0.343 e. The second-order valence-electron chi connectivity index (χ2n) is 7.43. The number of carbonyl (C=O) groups excluding carboxylic acids is 2. The Morgan fingerprint density at radius 1 is 1.14 bits per heavy atom. The summed E-state index contributed by atoms with van der Waals surface area (Å²) in [4.78, 5) is 31.4. The minimum atomic E-state index is -0.700. The van der Waals surface area contributed by atoms with Crippen LogP contribution in [0.3, 0.4) is 0 Å². The van der Waals surface area contributed by atoms with Crippen molar-refractivity contribution in [3.05, 3.63) is 41.5 Å². The first-order valence-corrected chi connectivity index (χ1v) is 9.50. The summed E-state index contributed by atoms with van der Waals surface area (Å²) < 4.78 is 32.2. The van der Waals surface area contributed by atoms with Crippen LogP contribution >= 0.6 is 0 Å². The van der Waals surface area contributed by atoms with E-state index in [1.165, 1.54) is 4.90 Å². The van der Waals surface area contributed by atoms with Gasteiger partial charge >= 0.3 is 6.03 Å². The molecule has 1 aromatic heterocycles. The zero-order valence-electron chi connectivity index (χ0n) is 15.9.